The van der Waals surface area contributed by atoms with Gasteiger partial charge in [-0.2, -0.15) is 5.10 Å². The molecule has 0 bridgehead atoms. The van der Waals surface area contributed by atoms with Gasteiger partial charge in [-0.05, 0) is 17.7 Å². The van der Waals surface area contributed by atoms with E-state index < -0.39 is 0 Å². The lowest BCUT2D eigenvalue weighted by Gasteiger charge is -2.09. The Hall–Kier alpha value is -1.88. The molecular weight excluding hydrogens is 254 g/mol. The fourth-order valence-corrected chi connectivity index (χ4v) is 1.67. The molecule has 0 atom stereocenters. The Morgan fingerprint density at radius 3 is 2.50 bits per heavy atom. The number of nitrogens with one attached hydrogen (secondary N) is 1. The summed E-state index contributed by atoms with van der Waals surface area (Å²) in [4.78, 5) is 0. The number of methoxy groups -OCH3 is 2. The van der Waals surface area contributed by atoms with Gasteiger partial charge in [-0.15, -0.1) is 12.4 Å². The second-order valence-corrected chi connectivity index (χ2v) is 3.68. The number of benzene rings is 1. The van der Waals surface area contributed by atoms with Crippen LogP contribution in [0.15, 0.2) is 24.4 Å². The molecule has 0 aliphatic rings. The minimum atomic E-state index is 0. The first-order valence-corrected chi connectivity index (χ1v) is 5.23. The number of H-pyrrole nitrogens is 1. The Kier molecular flexibility index (Phi) is 4.85. The van der Waals surface area contributed by atoms with Crippen LogP contribution in [0.1, 0.15) is 11.1 Å². The smallest absolute Gasteiger partial charge is 0.160 e. The van der Waals surface area contributed by atoms with Crippen molar-refractivity contribution in [2.75, 3.05) is 20.0 Å². The fraction of sp³-hybridized carbons (Fsp3) is 0.250. The number of rotatable bonds is 4. The molecular formula is C12H16ClN3O2. The van der Waals surface area contributed by atoms with Crippen molar-refractivity contribution in [3.05, 3.63) is 35.5 Å². The van der Waals surface area contributed by atoms with Gasteiger partial charge in [0.05, 0.1) is 20.4 Å². The molecule has 0 radical (unpaired) electrons. The van der Waals surface area contributed by atoms with Gasteiger partial charge in [0.2, 0.25) is 0 Å². The molecule has 0 saturated carbocycles. The quantitative estimate of drug-likeness (QED) is 0.891. The largest absolute Gasteiger partial charge is 0.493 e. The molecule has 0 aliphatic carbocycles. The minimum Gasteiger partial charge on any atom is -0.493 e. The Balaban J connectivity index is 0.00000162. The zero-order chi connectivity index (χ0) is 12.3. The van der Waals surface area contributed by atoms with E-state index in [9.17, 15) is 0 Å². The number of ether oxygens (including phenoxy) is 2. The minimum absolute atomic E-state index is 0. The Labute approximate surface area is 112 Å². The average molecular weight is 270 g/mol. The van der Waals surface area contributed by atoms with Gasteiger partial charge >= 0.3 is 0 Å². The number of aromatic nitrogens is 2. The van der Waals surface area contributed by atoms with Crippen LogP contribution in [0.4, 0.5) is 5.82 Å². The highest BCUT2D eigenvalue weighted by molar-refractivity contribution is 5.85. The number of halogens is 1. The SMILES string of the molecule is COc1ccc(Cc2cn[nH]c2N)cc1OC.Cl. The maximum atomic E-state index is 5.74. The average Bonchev–Trinajstić information content (AvgIpc) is 2.75. The van der Waals surface area contributed by atoms with Gasteiger partial charge in [-0.3, -0.25) is 5.10 Å². The maximum Gasteiger partial charge on any atom is 0.160 e. The van der Waals surface area contributed by atoms with Crippen molar-refractivity contribution >= 4 is 18.2 Å². The van der Waals surface area contributed by atoms with E-state index in [1.165, 1.54) is 0 Å². The van der Waals surface area contributed by atoms with Crippen LogP contribution in [0.3, 0.4) is 0 Å². The van der Waals surface area contributed by atoms with Crippen LogP contribution in [-0.4, -0.2) is 24.4 Å². The normalized spacial score (nSPS) is 9.67. The van der Waals surface area contributed by atoms with Gasteiger partial charge in [0.1, 0.15) is 5.82 Å². The van der Waals surface area contributed by atoms with Crippen molar-refractivity contribution in [2.24, 2.45) is 0 Å². The molecule has 0 amide bonds. The van der Waals surface area contributed by atoms with Crippen molar-refractivity contribution in [1.29, 1.82) is 0 Å². The molecule has 5 nitrogen and oxygen atoms in total. The highest BCUT2D eigenvalue weighted by Crippen LogP contribution is 2.28. The van der Waals surface area contributed by atoms with Gasteiger partial charge < -0.3 is 15.2 Å². The molecule has 1 heterocycles. The summed E-state index contributed by atoms with van der Waals surface area (Å²) in [6.07, 6.45) is 2.44. The van der Waals surface area contributed by atoms with E-state index in [0.29, 0.717) is 18.0 Å². The van der Waals surface area contributed by atoms with E-state index in [1.807, 2.05) is 18.2 Å². The second kappa shape index (κ2) is 6.16. The number of nitrogens with zero attached hydrogens (tertiary/aromatic N) is 1. The monoisotopic (exact) mass is 269 g/mol. The predicted octanol–water partition coefficient (Wildman–Crippen LogP) is 2.02. The van der Waals surface area contributed by atoms with Crippen LogP contribution < -0.4 is 15.2 Å². The summed E-state index contributed by atoms with van der Waals surface area (Å²) in [6, 6.07) is 5.80. The molecule has 0 aliphatic heterocycles. The third kappa shape index (κ3) is 2.87. The summed E-state index contributed by atoms with van der Waals surface area (Å²) in [5, 5.41) is 6.60. The van der Waals surface area contributed by atoms with Gasteiger partial charge in [0.25, 0.3) is 0 Å². The highest BCUT2D eigenvalue weighted by Gasteiger charge is 2.07. The molecule has 0 spiro atoms. The van der Waals surface area contributed by atoms with Crippen molar-refractivity contribution in [1.82, 2.24) is 10.2 Å². The van der Waals surface area contributed by atoms with E-state index in [1.54, 1.807) is 20.4 Å². The molecule has 18 heavy (non-hydrogen) atoms. The van der Waals surface area contributed by atoms with Crippen LogP contribution in [-0.2, 0) is 6.42 Å². The maximum absolute atomic E-state index is 5.74. The summed E-state index contributed by atoms with van der Waals surface area (Å²) in [5.74, 6) is 2.03. The fourth-order valence-electron chi connectivity index (χ4n) is 1.67. The standard InChI is InChI=1S/C12H15N3O2.ClH/c1-16-10-4-3-8(6-11(10)17-2)5-9-7-14-15-12(9)13;/h3-4,6-7H,5H2,1-2H3,(H3,13,14,15);1H. The molecule has 1 aromatic heterocycles. The topological polar surface area (TPSA) is 73.2 Å². The Morgan fingerprint density at radius 2 is 1.94 bits per heavy atom. The number of nitrogen functional groups attached to an aromatic ring is 1. The zero-order valence-electron chi connectivity index (χ0n) is 10.3. The van der Waals surface area contributed by atoms with E-state index in [-0.39, 0.29) is 12.4 Å². The van der Waals surface area contributed by atoms with Crippen molar-refractivity contribution < 1.29 is 9.47 Å². The van der Waals surface area contributed by atoms with Crippen LogP contribution in [0.25, 0.3) is 0 Å². The number of hydrogen-bond donors (Lipinski definition) is 2. The molecule has 1 aromatic carbocycles. The summed E-state index contributed by atoms with van der Waals surface area (Å²) < 4.78 is 10.4. The molecule has 98 valence electrons. The van der Waals surface area contributed by atoms with Crippen molar-refractivity contribution in [2.45, 2.75) is 6.42 Å². The van der Waals surface area contributed by atoms with Crippen LogP contribution in [0.5, 0.6) is 11.5 Å². The molecule has 0 unspecified atom stereocenters. The Morgan fingerprint density at radius 1 is 1.22 bits per heavy atom. The van der Waals surface area contributed by atoms with E-state index >= 15 is 0 Å². The third-order valence-corrected chi connectivity index (χ3v) is 2.59. The van der Waals surface area contributed by atoms with Crippen molar-refractivity contribution in [3.63, 3.8) is 0 Å². The Bertz CT molecular complexity index is 514. The summed E-state index contributed by atoms with van der Waals surface area (Å²) >= 11 is 0. The van der Waals surface area contributed by atoms with E-state index in [4.69, 9.17) is 15.2 Å². The number of hydrogen-bond acceptors (Lipinski definition) is 4. The number of nitrogens with two attached hydrogens (primary N) is 1. The van der Waals surface area contributed by atoms with Crippen molar-refractivity contribution in [3.8, 4) is 11.5 Å². The molecule has 2 aromatic rings. The summed E-state index contributed by atoms with van der Waals surface area (Å²) in [5.41, 5.74) is 7.80. The molecule has 2 rings (SSSR count). The van der Waals surface area contributed by atoms with Crippen LogP contribution in [0, 0.1) is 0 Å². The first-order valence-electron chi connectivity index (χ1n) is 5.23. The zero-order valence-corrected chi connectivity index (χ0v) is 11.1. The van der Waals surface area contributed by atoms with E-state index in [2.05, 4.69) is 10.2 Å². The third-order valence-electron chi connectivity index (χ3n) is 2.59. The lowest BCUT2D eigenvalue weighted by molar-refractivity contribution is 0.354. The lowest BCUT2D eigenvalue weighted by atomic mass is 10.1. The van der Waals surface area contributed by atoms with Crippen LogP contribution >= 0.6 is 12.4 Å². The number of aromatic amines is 1. The lowest BCUT2D eigenvalue weighted by Crippen LogP contribution is -1.95. The highest BCUT2D eigenvalue weighted by atomic mass is 35.5. The van der Waals surface area contributed by atoms with Gasteiger partial charge in [0.15, 0.2) is 11.5 Å². The summed E-state index contributed by atoms with van der Waals surface area (Å²) in [6.45, 7) is 0. The predicted molar refractivity (Wildman–Crippen MR) is 72.6 cm³/mol. The van der Waals surface area contributed by atoms with E-state index in [0.717, 1.165) is 16.9 Å². The van der Waals surface area contributed by atoms with Crippen LogP contribution in [0.2, 0.25) is 0 Å². The number of anilines is 1. The van der Waals surface area contributed by atoms with Gasteiger partial charge in [-0.1, -0.05) is 6.07 Å². The molecule has 0 saturated heterocycles. The molecule has 3 N–H and O–H groups in total. The first-order chi connectivity index (χ1) is 8.24. The summed E-state index contributed by atoms with van der Waals surface area (Å²) in [7, 11) is 3.24. The van der Waals surface area contributed by atoms with Gasteiger partial charge in [-0.25, -0.2) is 0 Å². The second-order valence-electron chi connectivity index (χ2n) is 3.68. The first kappa shape index (κ1) is 14.2. The molecule has 0 fully saturated rings. The molecule has 6 heteroatoms. The van der Waals surface area contributed by atoms with Gasteiger partial charge in [0, 0.05) is 12.0 Å².